The molecule has 0 bridgehead atoms. The van der Waals surface area contributed by atoms with E-state index >= 15 is 0 Å². The number of aliphatic hydroxyl groups is 1. The minimum Gasteiger partial charge on any atom is -0.497 e. The van der Waals surface area contributed by atoms with Gasteiger partial charge in [0.1, 0.15) is 12.1 Å². The first-order valence-corrected chi connectivity index (χ1v) is 11.4. The Hall–Kier alpha value is -2.59. The second-order valence-corrected chi connectivity index (χ2v) is 8.59. The van der Waals surface area contributed by atoms with Crippen LogP contribution in [0.3, 0.4) is 0 Å². The Bertz CT molecular complexity index is 882. The van der Waals surface area contributed by atoms with Gasteiger partial charge in [-0.05, 0) is 36.6 Å². The zero-order chi connectivity index (χ0) is 23.0. The lowest BCUT2D eigenvalue weighted by molar-refractivity contribution is -0.158. The molecule has 9 nitrogen and oxygen atoms in total. The van der Waals surface area contributed by atoms with Gasteiger partial charge in [0.05, 0.1) is 57.3 Å². The second-order valence-electron chi connectivity index (χ2n) is 8.59. The maximum absolute atomic E-state index is 12.4. The Kier molecular flexibility index (Phi) is 8.22. The second kappa shape index (κ2) is 11.5. The molecule has 33 heavy (non-hydrogen) atoms. The van der Waals surface area contributed by atoms with E-state index in [1.165, 1.54) is 6.33 Å². The smallest absolute Gasteiger partial charge is 0.222 e. The lowest BCUT2D eigenvalue weighted by Gasteiger charge is -2.44. The number of nitrogens with one attached hydrogen (secondary N) is 1. The summed E-state index contributed by atoms with van der Waals surface area (Å²) in [6, 6.07) is 9.88. The van der Waals surface area contributed by atoms with Gasteiger partial charge in [-0.25, -0.2) is 9.97 Å². The molecule has 2 N–H and O–H groups in total. The number of carbonyl (C=O) groups is 1. The minimum atomic E-state index is -0.547. The normalized spacial score (nSPS) is 26.0. The van der Waals surface area contributed by atoms with Gasteiger partial charge in [0, 0.05) is 25.3 Å². The van der Waals surface area contributed by atoms with Crippen LogP contribution in [-0.4, -0.2) is 77.1 Å². The van der Waals surface area contributed by atoms with Crippen LogP contribution in [-0.2, 0) is 27.4 Å². The average molecular weight is 457 g/mol. The molecule has 0 unspecified atom stereocenters. The van der Waals surface area contributed by atoms with E-state index in [2.05, 4.69) is 20.2 Å². The first-order valence-electron chi connectivity index (χ1n) is 11.4. The number of fused-ring (bicyclic) bond motifs is 1. The first kappa shape index (κ1) is 23.6. The van der Waals surface area contributed by atoms with Gasteiger partial charge in [0.15, 0.2) is 0 Å². The summed E-state index contributed by atoms with van der Waals surface area (Å²) in [6.07, 6.45) is 4.22. The number of methoxy groups -OCH3 is 1. The number of β-amino-alcohol motifs (C(OH)–C–C–N with tert-alkyl or cyclic N) is 1. The summed E-state index contributed by atoms with van der Waals surface area (Å²) >= 11 is 0. The fourth-order valence-corrected chi connectivity index (χ4v) is 4.48. The third-order valence-corrected chi connectivity index (χ3v) is 6.16. The van der Waals surface area contributed by atoms with Gasteiger partial charge in [-0.2, -0.15) is 0 Å². The molecule has 2 saturated heterocycles. The molecule has 1 aromatic heterocycles. The SMILES string of the molecule is COc1ccc(CN2C[C@@H](O)COC[C@H]3O[C@@H](CC(=O)NCc4ccncn4)CC[C@@H]32)cc1. The van der Waals surface area contributed by atoms with E-state index in [1.807, 2.05) is 24.3 Å². The number of aromatic nitrogens is 2. The van der Waals surface area contributed by atoms with Gasteiger partial charge in [-0.3, -0.25) is 9.69 Å². The summed E-state index contributed by atoms with van der Waals surface area (Å²) in [6.45, 7) is 2.27. The van der Waals surface area contributed by atoms with Crippen LogP contribution in [0.15, 0.2) is 42.9 Å². The number of rotatable bonds is 7. The highest BCUT2D eigenvalue weighted by Crippen LogP contribution is 2.29. The van der Waals surface area contributed by atoms with Crippen LogP contribution in [0.25, 0.3) is 0 Å². The number of hydrogen-bond donors (Lipinski definition) is 2. The largest absolute Gasteiger partial charge is 0.497 e. The van der Waals surface area contributed by atoms with Crippen molar-refractivity contribution in [3.05, 3.63) is 54.1 Å². The average Bonchev–Trinajstić information content (AvgIpc) is 2.83. The highest BCUT2D eigenvalue weighted by atomic mass is 16.5. The molecule has 4 rings (SSSR count). The Morgan fingerprint density at radius 1 is 1.24 bits per heavy atom. The van der Waals surface area contributed by atoms with Crippen molar-refractivity contribution in [3.8, 4) is 5.75 Å². The van der Waals surface area contributed by atoms with E-state index in [9.17, 15) is 9.90 Å². The molecule has 2 aliphatic rings. The highest BCUT2D eigenvalue weighted by molar-refractivity contribution is 5.76. The molecule has 2 fully saturated rings. The van der Waals surface area contributed by atoms with E-state index in [-0.39, 0.29) is 30.8 Å². The van der Waals surface area contributed by atoms with Crippen molar-refractivity contribution in [2.45, 2.75) is 56.7 Å². The van der Waals surface area contributed by atoms with Gasteiger partial charge < -0.3 is 24.6 Å². The van der Waals surface area contributed by atoms with Gasteiger partial charge in [-0.1, -0.05) is 12.1 Å². The van der Waals surface area contributed by atoms with Crippen LogP contribution >= 0.6 is 0 Å². The summed E-state index contributed by atoms with van der Waals surface area (Å²) in [5.74, 6) is 0.758. The maximum Gasteiger partial charge on any atom is 0.222 e. The van der Waals surface area contributed by atoms with Gasteiger partial charge in [0.2, 0.25) is 5.91 Å². The molecular formula is C24H32N4O5. The number of amides is 1. The molecule has 0 spiro atoms. The Morgan fingerprint density at radius 3 is 2.85 bits per heavy atom. The Balaban J connectivity index is 1.34. The van der Waals surface area contributed by atoms with Crippen LogP contribution in [0.2, 0.25) is 0 Å². The monoisotopic (exact) mass is 456 g/mol. The third kappa shape index (κ3) is 6.70. The molecule has 0 aliphatic carbocycles. The first-order chi connectivity index (χ1) is 16.1. The molecule has 2 aromatic rings. The number of ether oxygens (including phenoxy) is 3. The van der Waals surface area contributed by atoms with Crippen LogP contribution < -0.4 is 10.1 Å². The number of nitrogens with zero attached hydrogens (tertiary/aromatic N) is 3. The summed E-state index contributed by atoms with van der Waals surface area (Å²) in [7, 11) is 1.65. The Labute approximate surface area is 194 Å². The van der Waals surface area contributed by atoms with Crippen molar-refractivity contribution >= 4 is 5.91 Å². The van der Waals surface area contributed by atoms with Crippen molar-refractivity contribution in [2.75, 3.05) is 26.9 Å². The fourth-order valence-electron chi connectivity index (χ4n) is 4.48. The van der Waals surface area contributed by atoms with E-state index in [0.29, 0.717) is 32.7 Å². The summed E-state index contributed by atoms with van der Waals surface area (Å²) < 4.78 is 17.3. The van der Waals surface area contributed by atoms with Crippen LogP contribution in [0.4, 0.5) is 0 Å². The van der Waals surface area contributed by atoms with Crippen LogP contribution in [0.5, 0.6) is 5.75 Å². The fraction of sp³-hybridized carbons (Fsp3) is 0.542. The predicted octanol–water partition coefficient (Wildman–Crippen LogP) is 1.30. The predicted molar refractivity (Wildman–Crippen MR) is 120 cm³/mol. The molecule has 2 aliphatic heterocycles. The summed E-state index contributed by atoms with van der Waals surface area (Å²) in [5, 5.41) is 13.3. The van der Waals surface area contributed by atoms with Gasteiger partial charge in [-0.15, -0.1) is 0 Å². The van der Waals surface area contributed by atoms with E-state index < -0.39 is 6.10 Å². The zero-order valence-corrected chi connectivity index (χ0v) is 18.9. The topological polar surface area (TPSA) is 106 Å². The molecule has 0 saturated carbocycles. The van der Waals surface area contributed by atoms with Crippen molar-refractivity contribution in [1.82, 2.24) is 20.2 Å². The molecule has 1 amide bonds. The van der Waals surface area contributed by atoms with Crippen molar-refractivity contribution in [3.63, 3.8) is 0 Å². The lowest BCUT2D eigenvalue weighted by atomic mass is 9.94. The van der Waals surface area contributed by atoms with Gasteiger partial charge in [0.25, 0.3) is 0 Å². The molecule has 9 heteroatoms. The number of benzene rings is 1. The number of aliphatic hydroxyl groups excluding tert-OH is 1. The minimum absolute atomic E-state index is 0.0608. The Morgan fingerprint density at radius 2 is 2.09 bits per heavy atom. The quantitative estimate of drug-likeness (QED) is 0.642. The lowest BCUT2D eigenvalue weighted by Crippen LogP contribution is -2.55. The summed E-state index contributed by atoms with van der Waals surface area (Å²) in [4.78, 5) is 22.7. The highest BCUT2D eigenvalue weighted by Gasteiger charge is 2.38. The van der Waals surface area contributed by atoms with E-state index in [1.54, 1.807) is 19.4 Å². The number of hydrogen-bond acceptors (Lipinski definition) is 8. The molecule has 178 valence electrons. The summed E-state index contributed by atoms with van der Waals surface area (Å²) in [5.41, 5.74) is 1.92. The van der Waals surface area contributed by atoms with Crippen LogP contribution in [0.1, 0.15) is 30.5 Å². The standard InChI is InChI=1S/C24H32N4O5/c1-31-20-4-2-17(3-5-20)12-28-13-19(29)14-32-15-23-22(28)7-6-21(33-23)10-24(30)26-11-18-8-9-25-16-27-18/h2-5,8-9,16,19,21-23,29H,6-7,10-15H2,1H3,(H,26,30)/t19-,21-,22+,23-/m1/s1. The molecule has 1 aromatic carbocycles. The molecule has 3 heterocycles. The van der Waals surface area contributed by atoms with E-state index in [4.69, 9.17) is 14.2 Å². The zero-order valence-electron chi connectivity index (χ0n) is 18.9. The van der Waals surface area contributed by atoms with Crippen LogP contribution in [0, 0.1) is 0 Å². The van der Waals surface area contributed by atoms with Crippen molar-refractivity contribution < 1.29 is 24.1 Å². The number of carbonyl (C=O) groups excluding carboxylic acids is 1. The van der Waals surface area contributed by atoms with E-state index in [0.717, 1.165) is 29.8 Å². The van der Waals surface area contributed by atoms with Crippen molar-refractivity contribution in [2.24, 2.45) is 0 Å². The molecular weight excluding hydrogens is 424 g/mol. The maximum atomic E-state index is 12.4. The van der Waals surface area contributed by atoms with Crippen molar-refractivity contribution in [1.29, 1.82) is 0 Å². The third-order valence-electron chi connectivity index (χ3n) is 6.16. The molecule has 0 radical (unpaired) electrons. The molecule has 4 atom stereocenters. The van der Waals surface area contributed by atoms with Gasteiger partial charge >= 0.3 is 0 Å².